The molecular formula is C29H48O. The maximum Gasteiger partial charge on any atom is 0.136 e. The van der Waals surface area contributed by atoms with Gasteiger partial charge in [-0.2, -0.15) is 0 Å². The van der Waals surface area contributed by atoms with E-state index in [0.29, 0.717) is 22.5 Å². The Morgan fingerprint density at radius 3 is 2.50 bits per heavy atom. The monoisotopic (exact) mass is 412 g/mol. The smallest absolute Gasteiger partial charge is 0.136 e. The molecule has 30 heavy (non-hydrogen) atoms. The lowest BCUT2D eigenvalue weighted by molar-refractivity contribution is -0.123. The van der Waals surface area contributed by atoms with Crippen LogP contribution in [0.5, 0.6) is 0 Å². The summed E-state index contributed by atoms with van der Waals surface area (Å²) in [5.41, 5.74) is 2.40. The molecule has 0 aromatic heterocycles. The molecule has 0 spiro atoms. The van der Waals surface area contributed by atoms with Gasteiger partial charge in [0.2, 0.25) is 0 Å². The quantitative estimate of drug-likeness (QED) is 0.401. The molecule has 0 radical (unpaired) electrons. The Kier molecular flexibility index (Phi) is 6.33. The number of ketones is 1. The number of hydrogen-bond acceptors (Lipinski definition) is 1. The van der Waals surface area contributed by atoms with Gasteiger partial charge in [0.15, 0.2) is 0 Å². The Morgan fingerprint density at radius 2 is 1.80 bits per heavy atom. The Labute approximate surface area is 186 Å². The van der Waals surface area contributed by atoms with Gasteiger partial charge in [-0.05, 0) is 90.8 Å². The number of fused-ring (bicyclic) bond motifs is 5. The highest BCUT2D eigenvalue weighted by Crippen LogP contribution is 2.68. The number of allylic oxidation sites excluding steroid dienone is 2. The average Bonchev–Trinajstić information content (AvgIpc) is 3.05. The third kappa shape index (κ3) is 3.65. The molecule has 0 saturated heterocycles. The zero-order chi connectivity index (χ0) is 21.7. The summed E-state index contributed by atoms with van der Waals surface area (Å²) in [6.45, 7) is 15.0. The highest BCUT2D eigenvalue weighted by atomic mass is 16.1. The van der Waals surface area contributed by atoms with Gasteiger partial charge in [0.05, 0.1) is 0 Å². The van der Waals surface area contributed by atoms with Gasteiger partial charge in [0, 0.05) is 12.8 Å². The summed E-state index contributed by atoms with van der Waals surface area (Å²) >= 11 is 0. The van der Waals surface area contributed by atoms with Crippen LogP contribution in [0.3, 0.4) is 0 Å². The van der Waals surface area contributed by atoms with Crippen LogP contribution in [0.4, 0.5) is 0 Å². The van der Waals surface area contributed by atoms with Crippen molar-refractivity contribution in [3.63, 3.8) is 0 Å². The molecule has 4 rings (SSSR count). The van der Waals surface area contributed by atoms with Crippen LogP contribution >= 0.6 is 0 Å². The third-order valence-electron chi connectivity index (χ3n) is 10.8. The van der Waals surface area contributed by atoms with Gasteiger partial charge in [-0.1, -0.05) is 72.5 Å². The summed E-state index contributed by atoms with van der Waals surface area (Å²) in [5, 5.41) is 0. The number of rotatable bonds is 6. The SMILES string of the molecule is CCC1C=C2CC(=O)CC[C@]2(C)[C@H]2CC[C@]3(C)[C@@H]([C@H](C)CCCC(C)C)CC[C@H]3[C@H]12. The van der Waals surface area contributed by atoms with Crippen LogP contribution in [-0.2, 0) is 4.79 Å². The van der Waals surface area contributed by atoms with E-state index in [0.717, 1.165) is 54.8 Å². The predicted molar refractivity (Wildman–Crippen MR) is 127 cm³/mol. The van der Waals surface area contributed by atoms with Crippen LogP contribution < -0.4 is 0 Å². The van der Waals surface area contributed by atoms with Crippen molar-refractivity contribution < 1.29 is 4.79 Å². The van der Waals surface area contributed by atoms with Gasteiger partial charge in [-0.15, -0.1) is 0 Å². The normalized spacial score (nSPS) is 44.3. The molecule has 0 aromatic rings. The third-order valence-corrected chi connectivity index (χ3v) is 10.8. The topological polar surface area (TPSA) is 17.1 Å². The second kappa shape index (κ2) is 8.40. The first-order valence-corrected chi connectivity index (χ1v) is 13.4. The zero-order valence-corrected chi connectivity index (χ0v) is 20.8. The summed E-state index contributed by atoms with van der Waals surface area (Å²) in [5.74, 6) is 6.45. The molecule has 4 aliphatic rings. The van der Waals surface area contributed by atoms with E-state index in [4.69, 9.17) is 0 Å². The minimum absolute atomic E-state index is 0.312. The number of Topliss-reactive ketones (excluding diaryl/α,β-unsaturated/α-hetero) is 1. The van der Waals surface area contributed by atoms with Crippen LogP contribution in [0.1, 0.15) is 112 Å². The highest BCUT2D eigenvalue weighted by Gasteiger charge is 2.60. The zero-order valence-electron chi connectivity index (χ0n) is 20.8. The summed E-state index contributed by atoms with van der Waals surface area (Å²) in [6.07, 6.45) is 16.6. The minimum atomic E-state index is 0.312. The van der Waals surface area contributed by atoms with E-state index in [1.807, 2.05) is 0 Å². The van der Waals surface area contributed by atoms with E-state index in [1.54, 1.807) is 0 Å². The Bertz CT molecular complexity index is 674. The van der Waals surface area contributed by atoms with E-state index in [2.05, 4.69) is 47.6 Å². The van der Waals surface area contributed by atoms with Crippen molar-refractivity contribution in [2.45, 2.75) is 112 Å². The molecule has 170 valence electrons. The van der Waals surface area contributed by atoms with Gasteiger partial charge in [0.25, 0.3) is 0 Å². The molecule has 0 amide bonds. The van der Waals surface area contributed by atoms with Gasteiger partial charge < -0.3 is 0 Å². The summed E-state index contributed by atoms with van der Waals surface area (Å²) in [7, 11) is 0. The summed E-state index contributed by atoms with van der Waals surface area (Å²) in [6, 6.07) is 0. The van der Waals surface area contributed by atoms with E-state index in [1.165, 1.54) is 56.9 Å². The van der Waals surface area contributed by atoms with Crippen LogP contribution in [0, 0.1) is 52.3 Å². The molecule has 0 aromatic carbocycles. The molecule has 8 atom stereocenters. The molecule has 1 nitrogen and oxygen atoms in total. The average molecular weight is 413 g/mol. The fourth-order valence-electron chi connectivity index (χ4n) is 9.05. The second-order valence-electron chi connectivity index (χ2n) is 12.7. The summed E-state index contributed by atoms with van der Waals surface area (Å²) < 4.78 is 0. The van der Waals surface area contributed by atoms with Crippen molar-refractivity contribution in [1.82, 2.24) is 0 Å². The fraction of sp³-hybridized carbons (Fsp3) is 0.897. The largest absolute Gasteiger partial charge is 0.299 e. The lowest BCUT2D eigenvalue weighted by atomic mass is 9.45. The van der Waals surface area contributed by atoms with Gasteiger partial charge in [-0.25, -0.2) is 0 Å². The number of carbonyl (C=O) groups is 1. The molecule has 0 aliphatic heterocycles. The Balaban J connectivity index is 1.57. The maximum absolute atomic E-state index is 12.3. The minimum Gasteiger partial charge on any atom is -0.299 e. The molecule has 0 bridgehead atoms. The standard InChI is InChI=1S/C29H48O/c1-7-21-17-22-18-23(30)13-15-28(22,5)26-14-16-29(6)24(11-12-25(29)27(21)26)20(4)10-8-9-19(2)3/h17,19-21,24-27H,7-16,18H2,1-6H3/t20-,21?,24-,25+,26+,27+,28+,29-/m1/s1. The van der Waals surface area contributed by atoms with Crippen molar-refractivity contribution in [2.24, 2.45) is 52.3 Å². The van der Waals surface area contributed by atoms with Gasteiger partial charge in [0.1, 0.15) is 5.78 Å². The Morgan fingerprint density at radius 1 is 1.03 bits per heavy atom. The maximum atomic E-state index is 12.3. The van der Waals surface area contributed by atoms with Crippen LogP contribution in [0.2, 0.25) is 0 Å². The fourth-order valence-corrected chi connectivity index (χ4v) is 9.05. The first-order valence-electron chi connectivity index (χ1n) is 13.4. The van der Waals surface area contributed by atoms with Crippen molar-refractivity contribution in [2.75, 3.05) is 0 Å². The molecule has 0 N–H and O–H groups in total. The van der Waals surface area contributed by atoms with Crippen LogP contribution in [0.15, 0.2) is 11.6 Å². The van der Waals surface area contributed by atoms with Gasteiger partial charge >= 0.3 is 0 Å². The number of carbonyl (C=O) groups excluding carboxylic acids is 1. The van der Waals surface area contributed by atoms with Crippen LogP contribution in [-0.4, -0.2) is 5.78 Å². The molecule has 4 aliphatic carbocycles. The lowest BCUT2D eigenvalue weighted by Gasteiger charge is -2.60. The molecule has 3 fully saturated rings. The van der Waals surface area contributed by atoms with Crippen molar-refractivity contribution in [3.05, 3.63) is 11.6 Å². The second-order valence-corrected chi connectivity index (χ2v) is 12.7. The molecule has 0 heterocycles. The Hall–Kier alpha value is -0.590. The first-order chi connectivity index (χ1) is 14.2. The highest BCUT2D eigenvalue weighted by molar-refractivity contribution is 5.82. The van der Waals surface area contributed by atoms with Crippen molar-refractivity contribution in [1.29, 1.82) is 0 Å². The van der Waals surface area contributed by atoms with E-state index in [9.17, 15) is 4.79 Å². The summed E-state index contributed by atoms with van der Waals surface area (Å²) in [4.78, 5) is 12.3. The predicted octanol–water partition coefficient (Wildman–Crippen LogP) is 8.23. The van der Waals surface area contributed by atoms with Crippen LogP contribution in [0.25, 0.3) is 0 Å². The van der Waals surface area contributed by atoms with E-state index in [-0.39, 0.29) is 0 Å². The lowest BCUT2D eigenvalue weighted by Crippen LogP contribution is -2.53. The van der Waals surface area contributed by atoms with Crippen molar-refractivity contribution >= 4 is 5.78 Å². The first kappa shape index (κ1) is 22.6. The number of hydrogen-bond donors (Lipinski definition) is 0. The van der Waals surface area contributed by atoms with E-state index >= 15 is 0 Å². The molecule has 1 unspecified atom stereocenters. The van der Waals surface area contributed by atoms with E-state index < -0.39 is 0 Å². The molecular weight excluding hydrogens is 364 g/mol. The van der Waals surface area contributed by atoms with Gasteiger partial charge in [-0.3, -0.25) is 4.79 Å². The molecule has 1 heteroatoms. The van der Waals surface area contributed by atoms with Crippen molar-refractivity contribution in [3.8, 4) is 0 Å². The molecule has 3 saturated carbocycles.